The van der Waals surface area contributed by atoms with Gasteiger partial charge in [0.15, 0.2) is 5.76 Å². The Kier molecular flexibility index (Phi) is 5.58. The zero-order chi connectivity index (χ0) is 20.3. The molecular weight excluding hydrogens is 354 g/mol. The Balaban J connectivity index is 1.81. The van der Waals surface area contributed by atoms with Crippen LogP contribution in [0.25, 0.3) is 11.3 Å². The van der Waals surface area contributed by atoms with E-state index in [0.717, 1.165) is 16.7 Å². The number of carbonyl (C=O) groups is 1. The standard InChI is InChI=1S/C22H27N3O3/c1-15-8-9-16(2)19(11-15)20-12-17(24-28-20)13-25(14-18-7-6-10-27-18)21(26)23-22(3,4)5/h6-12H,13-14H2,1-5H3,(H,23,26). The van der Waals surface area contributed by atoms with E-state index < -0.39 is 0 Å². The number of nitrogens with zero attached hydrogens (tertiary/aromatic N) is 2. The third kappa shape index (κ3) is 5.03. The van der Waals surface area contributed by atoms with Gasteiger partial charge in [-0.3, -0.25) is 0 Å². The molecule has 0 saturated carbocycles. The monoisotopic (exact) mass is 381 g/mol. The van der Waals surface area contributed by atoms with Gasteiger partial charge in [0.1, 0.15) is 11.5 Å². The Morgan fingerprint density at radius 2 is 1.93 bits per heavy atom. The van der Waals surface area contributed by atoms with Crippen molar-refractivity contribution in [3.05, 3.63) is 65.2 Å². The fourth-order valence-electron chi connectivity index (χ4n) is 2.90. The molecule has 0 fully saturated rings. The molecule has 28 heavy (non-hydrogen) atoms. The highest BCUT2D eigenvalue weighted by molar-refractivity contribution is 5.75. The van der Waals surface area contributed by atoms with Gasteiger partial charge in [-0.15, -0.1) is 0 Å². The first kappa shape index (κ1) is 19.7. The molecule has 2 aromatic heterocycles. The van der Waals surface area contributed by atoms with Crippen LogP contribution in [-0.4, -0.2) is 21.6 Å². The second-order valence-corrected chi connectivity index (χ2v) is 8.12. The molecule has 2 amide bonds. The highest BCUT2D eigenvalue weighted by Gasteiger charge is 2.22. The van der Waals surface area contributed by atoms with E-state index in [0.29, 0.717) is 30.3 Å². The van der Waals surface area contributed by atoms with Gasteiger partial charge in [-0.25, -0.2) is 4.79 Å². The van der Waals surface area contributed by atoms with Gasteiger partial charge in [-0.05, 0) is 58.4 Å². The lowest BCUT2D eigenvalue weighted by Gasteiger charge is -2.27. The molecule has 148 valence electrons. The van der Waals surface area contributed by atoms with E-state index in [1.807, 2.05) is 52.8 Å². The first-order valence-corrected chi connectivity index (χ1v) is 9.34. The van der Waals surface area contributed by atoms with Gasteiger partial charge in [-0.1, -0.05) is 22.9 Å². The maximum atomic E-state index is 12.8. The second-order valence-electron chi connectivity index (χ2n) is 8.12. The third-order valence-corrected chi connectivity index (χ3v) is 4.27. The SMILES string of the molecule is Cc1ccc(C)c(-c2cc(CN(Cc3ccco3)C(=O)NC(C)(C)C)no2)c1. The molecule has 0 aliphatic heterocycles. The molecule has 6 heteroatoms. The lowest BCUT2D eigenvalue weighted by Crippen LogP contribution is -2.47. The molecule has 3 rings (SSSR count). The maximum Gasteiger partial charge on any atom is 0.318 e. The smallest absolute Gasteiger partial charge is 0.318 e. The zero-order valence-electron chi connectivity index (χ0n) is 17.1. The molecule has 2 heterocycles. The number of hydrogen-bond donors (Lipinski definition) is 1. The summed E-state index contributed by atoms with van der Waals surface area (Å²) in [4.78, 5) is 14.4. The molecule has 6 nitrogen and oxygen atoms in total. The van der Waals surface area contributed by atoms with E-state index >= 15 is 0 Å². The normalized spacial score (nSPS) is 11.5. The molecule has 1 N–H and O–H groups in total. The molecule has 3 aromatic rings. The van der Waals surface area contributed by atoms with Gasteiger partial charge < -0.3 is 19.2 Å². The van der Waals surface area contributed by atoms with Gasteiger partial charge in [0.25, 0.3) is 0 Å². The van der Waals surface area contributed by atoms with Gasteiger partial charge in [-0.2, -0.15) is 0 Å². The van der Waals surface area contributed by atoms with Crippen molar-refractivity contribution >= 4 is 6.03 Å². The molecule has 0 saturated heterocycles. The summed E-state index contributed by atoms with van der Waals surface area (Å²) in [6, 6.07) is 11.6. The predicted octanol–water partition coefficient (Wildman–Crippen LogP) is 5.06. The van der Waals surface area contributed by atoms with Crippen LogP contribution in [-0.2, 0) is 13.1 Å². The summed E-state index contributed by atoms with van der Waals surface area (Å²) in [5, 5.41) is 7.18. The number of benzene rings is 1. The quantitative estimate of drug-likeness (QED) is 0.670. The van der Waals surface area contributed by atoms with Crippen LogP contribution >= 0.6 is 0 Å². The maximum absolute atomic E-state index is 12.8. The first-order chi connectivity index (χ1) is 13.2. The van der Waals surface area contributed by atoms with Crippen molar-refractivity contribution in [3.8, 4) is 11.3 Å². The molecule has 1 aromatic carbocycles. The van der Waals surface area contributed by atoms with Gasteiger partial charge in [0.05, 0.1) is 19.4 Å². The van der Waals surface area contributed by atoms with E-state index in [4.69, 9.17) is 8.94 Å². The molecule has 0 aliphatic rings. The largest absolute Gasteiger partial charge is 0.467 e. The van der Waals surface area contributed by atoms with Crippen LogP contribution in [0.5, 0.6) is 0 Å². The summed E-state index contributed by atoms with van der Waals surface area (Å²) in [6.45, 7) is 10.6. The molecule has 0 atom stereocenters. The Bertz CT molecular complexity index is 936. The summed E-state index contributed by atoms with van der Waals surface area (Å²) in [7, 11) is 0. The molecular formula is C22H27N3O3. The van der Waals surface area contributed by atoms with Crippen LogP contribution in [0.1, 0.15) is 43.4 Å². The number of amides is 2. The summed E-state index contributed by atoms with van der Waals surface area (Å²) >= 11 is 0. The Labute approximate surface area is 165 Å². The van der Waals surface area contributed by atoms with E-state index in [-0.39, 0.29) is 11.6 Å². The van der Waals surface area contributed by atoms with Crippen LogP contribution in [0.4, 0.5) is 4.79 Å². The molecule has 0 aliphatic carbocycles. The number of furan rings is 1. The van der Waals surface area contributed by atoms with Crippen molar-refractivity contribution in [1.82, 2.24) is 15.4 Å². The third-order valence-electron chi connectivity index (χ3n) is 4.27. The highest BCUT2D eigenvalue weighted by atomic mass is 16.5. The number of carbonyl (C=O) groups excluding carboxylic acids is 1. The number of aromatic nitrogens is 1. The van der Waals surface area contributed by atoms with Crippen molar-refractivity contribution in [2.45, 2.75) is 53.2 Å². The fraction of sp³-hybridized carbons (Fsp3) is 0.364. The van der Waals surface area contributed by atoms with E-state index in [9.17, 15) is 4.79 Å². The van der Waals surface area contributed by atoms with Gasteiger partial charge in [0.2, 0.25) is 0 Å². The van der Waals surface area contributed by atoms with Crippen molar-refractivity contribution in [1.29, 1.82) is 0 Å². The van der Waals surface area contributed by atoms with Crippen molar-refractivity contribution in [2.75, 3.05) is 0 Å². The van der Waals surface area contributed by atoms with Crippen molar-refractivity contribution in [3.63, 3.8) is 0 Å². The minimum atomic E-state index is -0.341. The summed E-state index contributed by atoms with van der Waals surface area (Å²) in [6.07, 6.45) is 1.60. The average Bonchev–Trinajstić information content (AvgIpc) is 3.27. The van der Waals surface area contributed by atoms with Crippen molar-refractivity contribution < 1.29 is 13.7 Å². The van der Waals surface area contributed by atoms with Crippen LogP contribution < -0.4 is 5.32 Å². The van der Waals surface area contributed by atoms with E-state index in [1.165, 1.54) is 0 Å². The highest BCUT2D eigenvalue weighted by Crippen LogP contribution is 2.26. The average molecular weight is 381 g/mol. The lowest BCUT2D eigenvalue weighted by atomic mass is 10.0. The molecule has 0 spiro atoms. The molecule has 0 radical (unpaired) electrons. The van der Waals surface area contributed by atoms with Crippen LogP contribution in [0.3, 0.4) is 0 Å². The number of nitrogens with one attached hydrogen (secondary N) is 1. The molecule has 0 bridgehead atoms. The van der Waals surface area contributed by atoms with E-state index in [1.54, 1.807) is 11.2 Å². The lowest BCUT2D eigenvalue weighted by molar-refractivity contribution is 0.177. The number of rotatable bonds is 5. The van der Waals surface area contributed by atoms with Gasteiger partial charge in [0, 0.05) is 17.2 Å². The summed E-state index contributed by atoms with van der Waals surface area (Å²) in [5.41, 5.74) is 3.63. The summed E-state index contributed by atoms with van der Waals surface area (Å²) in [5.74, 6) is 1.41. The Hall–Kier alpha value is -3.02. The zero-order valence-corrected chi connectivity index (χ0v) is 17.1. The minimum absolute atomic E-state index is 0.180. The second kappa shape index (κ2) is 7.92. The predicted molar refractivity (Wildman–Crippen MR) is 108 cm³/mol. The first-order valence-electron chi connectivity index (χ1n) is 9.34. The van der Waals surface area contributed by atoms with Crippen LogP contribution in [0, 0.1) is 13.8 Å². The number of hydrogen-bond acceptors (Lipinski definition) is 4. The van der Waals surface area contributed by atoms with E-state index in [2.05, 4.69) is 28.7 Å². The topological polar surface area (TPSA) is 71.5 Å². The number of urea groups is 1. The number of aryl methyl sites for hydroxylation is 2. The summed E-state index contributed by atoms with van der Waals surface area (Å²) < 4.78 is 11.0. The Morgan fingerprint density at radius 1 is 1.14 bits per heavy atom. The van der Waals surface area contributed by atoms with Crippen LogP contribution in [0.15, 0.2) is 51.6 Å². The Morgan fingerprint density at radius 3 is 2.61 bits per heavy atom. The molecule has 0 unspecified atom stereocenters. The fourth-order valence-corrected chi connectivity index (χ4v) is 2.90. The van der Waals surface area contributed by atoms with Crippen molar-refractivity contribution in [2.24, 2.45) is 0 Å². The van der Waals surface area contributed by atoms with Crippen LogP contribution in [0.2, 0.25) is 0 Å². The minimum Gasteiger partial charge on any atom is -0.467 e. The van der Waals surface area contributed by atoms with Gasteiger partial charge >= 0.3 is 6.03 Å².